The van der Waals surface area contributed by atoms with Crippen molar-refractivity contribution in [3.05, 3.63) is 71.3 Å². The van der Waals surface area contributed by atoms with E-state index in [0.29, 0.717) is 5.56 Å². The molecule has 2 atom stereocenters. The van der Waals surface area contributed by atoms with Crippen LogP contribution in [-0.4, -0.2) is 31.1 Å². The summed E-state index contributed by atoms with van der Waals surface area (Å²) in [6.45, 7) is 0. The molecule has 2 aromatic rings. The summed E-state index contributed by atoms with van der Waals surface area (Å²) in [7, 11) is 2.46. The summed E-state index contributed by atoms with van der Waals surface area (Å²) >= 11 is 0. The molecule has 0 bridgehead atoms. The zero-order valence-corrected chi connectivity index (χ0v) is 12.8. The van der Waals surface area contributed by atoms with Crippen molar-refractivity contribution < 1.29 is 24.2 Å². The lowest BCUT2D eigenvalue weighted by molar-refractivity contribution is -0.194. The second kappa shape index (κ2) is 5.30. The molecule has 2 unspecified atom stereocenters. The molecule has 1 N–H and O–H groups in total. The first-order valence-electron chi connectivity index (χ1n) is 7.09. The zero-order valence-electron chi connectivity index (χ0n) is 12.8. The molecule has 23 heavy (non-hydrogen) atoms. The van der Waals surface area contributed by atoms with E-state index in [0.717, 1.165) is 7.11 Å². The van der Waals surface area contributed by atoms with Gasteiger partial charge in [-0.1, -0.05) is 54.6 Å². The third kappa shape index (κ3) is 1.75. The van der Waals surface area contributed by atoms with Crippen LogP contribution in [0.4, 0.5) is 0 Å². The lowest BCUT2D eigenvalue weighted by Gasteiger charge is -2.38. The Morgan fingerprint density at radius 1 is 1.00 bits per heavy atom. The van der Waals surface area contributed by atoms with Crippen molar-refractivity contribution in [2.45, 2.75) is 11.2 Å². The SMILES string of the molecule is COC(=O)C1(O)c2ccccc2C(=O)C1(OC)c1ccccc1. The van der Waals surface area contributed by atoms with Crippen LogP contribution in [-0.2, 0) is 25.5 Å². The van der Waals surface area contributed by atoms with Crippen molar-refractivity contribution in [1.82, 2.24) is 0 Å². The van der Waals surface area contributed by atoms with Crippen LogP contribution in [0.5, 0.6) is 0 Å². The number of ether oxygens (including phenoxy) is 2. The van der Waals surface area contributed by atoms with Crippen molar-refractivity contribution in [3.63, 3.8) is 0 Å². The monoisotopic (exact) mass is 312 g/mol. The molecule has 0 saturated carbocycles. The maximum atomic E-state index is 13.1. The number of carbonyl (C=O) groups excluding carboxylic acids is 2. The molecule has 0 aromatic heterocycles. The number of esters is 1. The first kappa shape index (κ1) is 15.4. The average molecular weight is 312 g/mol. The van der Waals surface area contributed by atoms with Crippen LogP contribution in [0.1, 0.15) is 21.5 Å². The molecule has 0 heterocycles. The molecule has 0 spiro atoms. The van der Waals surface area contributed by atoms with Crippen LogP contribution in [0.15, 0.2) is 54.6 Å². The Morgan fingerprint density at radius 2 is 1.61 bits per heavy atom. The summed E-state index contributed by atoms with van der Waals surface area (Å²) in [5.74, 6) is -1.42. The summed E-state index contributed by atoms with van der Waals surface area (Å²) in [6, 6.07) is 14.9. The number of carbonyl (C=O) groups is 2. The highest BCUT2D eigenvalue weighted by molar-refractivity contribution is 6.14. The standard InChI is InChI=1S/C18H16O5/c1-22-16(20)17(21)14-11-7-6-10-13(14)15(19)18(17,23-2)12-8-4-3-5-9-12/h3-11,21H,1-2H3. The van der Waals surface area contributed by atoms with Gasteiger partial charge in [-0.2, -0.15) is 0 Å². The molecule has 0 radical (unpaired) electrons. The number of Topliss-reactive ketones (excluding diaryl/α,β-unsaturated/α-hetero) is 1. The van der Waals surface area contributed by atoms with Gasteiger partial charge >= 0.3 is 5.97 Å². The summed E-state index contributed by atoms with van der Waals surface area (Å²) < 4.78 is 10.3. The molecule has 5 heteroatoms. The van der Waals surface area contributed by atoms with Crippen LogP contribution in [0.25, 0.3) is 0 Å². The molecule has 0 aliphatic heterocycles. The molecule has 2 aromatic carbocycles. The molecule has 1 aliphatic rings. The van der Waals surface area contributed by atoms with Crippen LogP contribution in [0.2, 0.25) is 0 Å². The number of hydrogen-bond donors (Lipinski definition) is 1. The Kier molecular flexibility index (Phi) is 3.55. The highest BCUT2D eigenvalue weighted by atomic mass is 16.6. The summed E-state index contributed by atoms with van der Waals surface area (Å²) in [6.07, 6.45) is 0. The average Bonchev–Trinajstić information content (AvgIpc) is 2.81. The minimum absolute atomic E-state index is 0.183. The van der Waals surface area contributed by atoms with Gasteiger partial charge in [0.15, 0.2) is 5.60 Å². The fourth-order valence-corrected chi connectivity index (χ4v) is 3.31. The zero-order chi connectivity index (χ0) is 16.7. The summed E-state index contributed by atoms with van der Waals surface area (Å²) in [4.78, 5) is 25.6. The van der Waals surface area contributed by atoms with Crippen LogP contribution in [0, 0.1) is 0 Å². The Labute approximate surface area is 133 Å². The molecule has 118 valence electrons. The topological polar surface area (TPSA) is 72.8 Å². The Morgan fingerprint density at radius 3 is 2.22 bits per heavy atom. The van der Waals surface area contributed by atoms with E-state index < -0.39 is 23.0 Å². The second-order valence-electron chi connectivity index (χ2n) is 5.33. The van der Waals surface area contributed by atoms with E-state index in [9.17, 15) is 14.7 Å². The number of fused-ring (bicyclic) bond motifs is 1. The van der Waals surface area contributed by atoms with Gasteiger partial charge in [0, 0.05) is 18.2 Å². The van der Waals surface area contributed by atoms with Crippen molar-refractivity contribution in [2.24, 2.45) is 0 Å². The quantitative estimate of drug-likeness (QED) is 0.875. The van der Waals surface area contributed by atoms with Crippen LogP contribution < -0.4 is 0 Å². The predicted octanol–water partition coefficient (Wildman–Crippen LogP) is 1.79. The van der Waals surface area contributed by atoms with Crippen molar-refractivity contribution in [2.75, 3.05) is 14.2 Å². The molecule has 0 fully saturated rings. The van der Waals surface area contributed by atoms with Gasteiger partial charge < -0.3 is 14.6 Å². The molecule has 0 saturated heterocycles. The van der Waals surface area contributed by atoms with Gasteiger partial charge in [-0.3, -0.25) is 4.79 Å². The van der Waals surface area contributed by atoms with E-state index >= 15 is 0 Å². The first-order valence-corrected chi connectivity index (χ1v) is 7.09. The highest BCUT2D eigenvalue weighted by Gasteiger charge is 2.69. The van der Waals surface area contributed by atoms with E-state index in [4.69, 9.17) is 9.47 Å². The maximum absolute atomic E-state index is 13.1. The fraction of sp³-hybridized carbons (Fsp3) is 0.222. The third-order valence-corrected chi connectivity index (χ3v) is 4.36. The first-order chi connectivity index (χ1) is 11.0. The lowest BCUT2D eigenvalue weighted by atomic mass is 9.77. The second-order valence-corrected chi connectivity index (χ2v) is 5.33. The molecular weight excluding hydrogens is 296 g/mol. The minimum atomic E-state index is -2.26. The van der Waals surface area contributed by atoms with Gasteiger partial charge in [0.25, 0.3) is 0 Å². The maximum Gasteiger partial charge on any atom is 0.346 e. The van der Waals surface area contributed by atoms with Crippen molar-refractivity contribution >= 4 is 11.8 Å². The number of aliphatic hydroxyl groups is 1. The van der Waals surface area contributed by atoms with Gasteiger partial charge in [0.1, 0.15) is 0 Å². The Bertz CT molecular complexity index is 770. The number of ketones is 1. The van der Waals surface area contributed by atoms with Gasteiger partial charge in [0.05, 0.1) is 7.11 Å². The minimum Gasteiger partial charge on any atom is -0.467 e. The number of hydrogen-bond acceptors (Lipinski definition) is 5. The van der Waals surface area contributed by atoms with Crippen LogP contribution >= 0.6 is 0 Å². The van der Waals surface area contributed by atoms with E-state index in [-0.39, 0.29) is 11.1 Å². The summed E-state index contributed by atoms with van der Waals surface area (Å²) in [5, 5.41) is 11.3. The number of benzene rings is 2. The third-order valence-electron chi connectivity index (χ3n) is 4.36. The van der Waals surface area contributed by atoms with Crippen LogP contribution in [0.3, 0.4) is 0 Å². The Balaban J connectivity index is 2.39. The highest BCUT2D eigenvalue weighted by Crippen LogP contribution is 2.52. The molecule has 3 rings (SSSR count). The predicted molar refractivity (Wildman–Crippen MR) is 81.8 cm³/mol. The van der Waals surface area contributed by atoms with E-state index in [2.05, 4.69) is 0 Å². The van der Waals surface area contributed by atoms with Crippen molar-refractivity contribution in [3.8, 4) is 0 Å². The van der Waals surface area contributed by atoms with Gasteiger partial charge in [-0.25, -0.2) is 4.79 Å². The lowest BCUT2D eigenvalue weighted by Crippen LogP contribution is -2.56. The molecular formula is C18H16O5. The van der Waals surface area contributed by atoms with Crippen molar-refractivity contribution in [1.29, 1.82) is 0 Å². The van der Waals surface area contributed by atoms with Gasteiger partial charge in [-0.05, 0) is 5.56 Å². The normalized spacial score (nSPS) is 26.0. The fourth-order valence-electron chi connectivity index (χ4n) is 3.31. The van der Waals surface area contributed by atoms with E-state index in [1.807, 2.05) is 0 Å². The Hall–Kier alpha value is -2.50. The number of rotatable bonds is 3. The smallest absolute Gasteiger partial charge is 0.346 e. The van der Waals surface area contributed by atoms with E-state index in [1.165, 1.54) is 13.2 Å². The largest absolute Gasteiger partial charge is 0.467 e. The number of methoxy groups -OCH3 is 2. The van der Waals surface area contributed by atoms with E-state index in [1.54, 1.807) is 48.5 Å². The van der Waals surface area contributed by atoms with Gasteiger partial charge in [-0.15, -0.1) is 0 Å². The van der Waals surface area contributed by atoms with Gasteiger partial charge in [0.2, 0.25) is 11.4 Å². The molecule has 0 amide bonds. The summed E-state index contributed by atoms with van der Waals surface area (Å²) in [5.41, 5.74) is -3.33. The molecule has 5 nitrogen and oxygen atoms in total. The molecule has 1 aliphatic carbocycles.